The van der Waals surface area contributed by atoms with Gasteiger partial charge in [-0.15, -0.1) is 0 Å². The van der Waals surface area contributed by atoms with Crippen molar-refractivity contribution in [1.29, 1.82) is 0 Å². The van der Waals surface area contributed by atoms with Gasteiger partial charge in [0.1, 0.15) is 0 Å². The first kappa shape index (κ1) is 23.7. The van der Waals surface area contributed by atoms with E-state index >= 15 is 0 Å². The van der Waals surface area contributed by atoms with Crippen molar-refractivity contribution in [3.05, 3.63) is 120 Å². The fraction of sp³-hybridized carbons (Fsp3) is 0.0667. The molecule has 0 aliphatic carbocycles. The van der Waals surface area contributed by atoms with Crippen LogP contribution in [0.4, 0.5) is 0 Å². The van der Waals surface area contributed by atoms with E-state index < -0.39 is 11.8 Å². The number of hydrogen-bond acceptors (Lipinski definition) is 5. The molecule has 2 N–H and O–H groups in total. The van der Waals surface area contributed by atoms with E-state index in [-0.39, 0.29) is 11.5 Å². The zero-order valence-electron chi connectivity index (χ0n) is 20.4. The Kier molecular flexibility index (Phi) is 6.59. The SMILES string of the molecule is C/C(=N\NC(=O)c1ccc(C(=O)N/N=C(\C)c2cccc3ccccc23)o1)c1cccc2ccccc12. The lowest BCUT2D eigenvalue weighted by atomic mass is 10.0. The third kappa shape index (κ3) is 5.01. The predicted octanol–water partition coefficient (Wildman–Crippen LogP) is 5.89. The second-order valence-electron chi connectivity index (χ2n) is 8.49. The second-order valence-corrected chi connectivity index (χ2v) is 8.49. The van der Waals surface area contributed by atoms with Crippen molar-refractivity contribution in [1.82, 2.24) is 10.9 Å². The highest BCUT2D eigenvalue weighted by atomic mass is 16.4. The van der Waals surface area contributed by atoms with Crippen LogP contribution in [-0.2, 0) is 0 Å². The van der Waals surface area contributed by atoms with Crippen LogP contribution in [0.1, 0.15) is 46.1 Å². The molecule has 0 saturated heterocycles. The van der Waals surface area contributed by atoms with Gasteiger partial charge in [-0.2, -0.15) is 10.2 Å². The van der Waals surface area contributed by atoms with Gasteiger partial charge >= 0.3 is 11.8 Å². The number of carbonyl (C=O) groups is 2. The maximum absolute atomic E-state index is 12.6. The number of nitrogens with zero attached hydrogens (tertiary/aromatic N) is 2. The monoisotopic (exact) mass is 488 g/mol. The van der Waals surface area contributed by atoms with Gasteiger partial charge in [0, 0.05) is 11.1 Å². The summed E-state index contributed by atoms with van der Waals surface area (Å²) in [6.07, 6.45) is 0. The molecule has 2 amide bonds. The molecule has 0 bridgehead atoms. The lowest BCUT2D eigenvalue weighted by Crippen LogP contribution is -2.20. The van der Waals surface area contributed by atoms with Gasteiger partial charge in [-0.3, -0.25) is 9.59 Å². The highest BCUT2D eigenvalue weighted by molar-refractivity contribution is 6.11. The summed E-state index contributed by atoms with van der Waals surface area (Å²) in [5, 5.41) is 12.7. The first-order valence-electron chi connectivity index (χ1n) is 11.8. The maximum Gasteiger partial charge on any atom is 0.307 e. The van der Waals surface area contributed by atoms with Gasteiger partial charge in [0.25, 0.3) is 0 Å². The fourth-order valence-corrected chi connectivity index (χ4v) is 4.16. The molecule has 0 fully saturated rings. The van der Waals surface area contributed by atoms with Crippen molar-refractivity contribution in [2.75, 3.05) is 0 Å². The van der Waals surface area contributed by atoms with Gasteiger partial charge in [-0.25, -0.2) is 10.9 Å². The van der Waals surface area contributed by atoms with Crippen LogP contribution >= 0.6 is 0 Å². The summed E-state index contributed by atoms with van der Waals surface area (Å²) < 4.78 is 5.46. The molecule has 5 rings (SSSR count). The average molecular weight is 489 g/mol. The molecule has 7 nitrogen and oxygen atoms in total. The number of carbonyl (C=O) groups excluding carboxylic acids is 2. The van der Waals surface area contributed by atoms with Crippen molar-refractivity contribution in [3.8, 4) is 0 Å². The average Bonchev–Trinajstić information content (AvgIpc) is 3.44. The minimum absolute atomic E-state index is 0.0330. The number of hydrazone groups is 2. The highest BCUT2D eigenvalue weighted by Crippen LogP contribution is 2.20. The van der Waals surface area contributed by atoms with Gasteiger partial charge < -0.3 is 4.42 Å². The largest absolute Gasteiger partial charge is 0.446 e. The van der Waals surface area contributed by atoms with Gasteiger partial charge in [0.2, 0.25) is 0 Å². The number of amides is 2. The van der Waals surface area contributed by atoms with Crippen LogP contribution < -0.4 is 10.9 Å². The van der Waals surface area contributed by atoms with E-state index in [0.717, 1.165) is 32.7 Å². The van der Waals surface area contributed by atoms with E-state index in [9.17, 15) is 9.59 Å². The summed E-state index contributed by atoms with van der Waals surface area (Å²) in [4.78, 5) is 25.2. The summed E-state index contributed by atoms with van der Waals surface area (Å²) in [6.45, 7) is 3.64. The fourth-order valence-electron chi connectivity index (χ4n) is 4.16. The smallest absolute Gasteiger partial charge is 0.307 e. The Morgan fingerprint density at radius 3 is 1.43 bits per heavy atom. The van der Waals surface area contributed by atoms with Crippen LogP contribution in [0.3, 0.4) is 0 Å². The van der Waals surface area contributed by atoms with Crippen molar-refractivity contribution in [3.63, 3.8) is 0 Å². The molecule has 0 aliphatic rings. The molecule has 0 aliphatic heterocycles. The van der Waals surface area contributed by atoms with E-state index in [2.05, 4.69) is 21.1 Å². The summed E-state index contributed by atoms with van der Waals surface area (Å²) >= 11 is 0. The molecule has 0 atom stereocenters. The predicted molar refractivity (Wildman–Crippen MR) is 146 cm³/mol. The molecule has 0 unspecified atom stereocenters. The Morgan fingerprint density at radius 1 is 0.568 bits per heavy atom. The molecule has 0 spiro atoms. The summed E-state index contributed by atoms with van der Waals surface area (Å²) in [6, 6.07) is 30.6. The molecule has 5 aromatic rings. The zero-order chi connectivity index (χ0) is 25.8. The minimum Gasteiger partial charge on any atom is -0.446 e. The molecule has 4 aromatic carbocycles. The van der Waals surface area contributed by atoms with Crippen molar-refractivity contribution in [2.45, 2.75) is 13.8 Å². The third-order valence-corrected chi connectivity index (χ3v) is 6.06. The second kappa shape index (κ2) is 10.3. The van der Waals surface area contributed by atoms with Crippen molar-refractivity contribution in [2.24, 2.45) is 10.2 Å². The van der Waals surface area contributed by atoms with Crippen molar-refractivity contribution < 1.29 is 14.0 Å². The Balaban J connectivity index is 1.26. The lowest BCUT2D eigenvalue weighted by molar-refractivity contribution is 0.0902. The summed E-state index contributed by atoms with van der Waals surface area (Å²) in [7, 11) is 0. The Bertz CT molecular complexity index is 1560. The lowest BCUT2D eigenvalue weighted by Gasteiger charge is -2.06. The number of furan rings is 1. The Labute approximate surface area is 213 Å². The van der Waals surface area contributed by atoms with Crippen LogP contribution in [0.25, 0.3) is 21.5 Å². The highest BCUT2D eigenvalue weighted by Gasteiger charge is 2.16. The van der Waals surface area contributed by atoms with E-state index in [4.69, 9.17) is 4.42 Å². The molecule has 1 heterocycles. The number of benzene rings is 4. The number of rotatable bonds is 6. The van der Waals surface area contributed by atoms with E-state index in [1.807, 2.05) is 98.8 Å². The van der Waals surface area contributed by atoms with E-state index in [1.54, 1.807) is 0 Å². The van der Waals surface area contributed by atoms with Crippen molar-refractivity contribution >= 4 is 44.8 Å². The van der Waals surface area contributed by atoms with Crippen LogP contribution in [0, 0.1) is 0 Å². The van der Waals surface area contributed by atoms with Crippen LogP contribution in [0.5, 0.6) is 0 Å². The van der Waals surface area contributed by atoms with Gasteiger partial charge in [-0.1, -0.05) is 84.9 Å². The molecular formula is C30H24N4O3. The Morgan fingerprint density at radius 2 is 0.973 bits per heavy atom. The molecule has 0 saturated carbocycles. The molecule has 182 valence electrons. The normalized spacial score (nSPS) is 12.1. The standard InChI is InChI=1S/C30H24N4O3/c1-19(23-15-7-11-21-9-3-5-13-25(21)23)31-33-29(35)27-17-18-28(37-27)30(36)34-32-20(2)24-16-8-12-22-10-4-6-14-26(22)24/h3-18H,1-2H3,(H,33,35)(H,34,36)/b31-19+,32-20+. The van der Waals surface area contributed by atoms with E-state index in [0.29, 0.717) is 11.4 Å². The minimum atomic E-state index is -0.561. The van der Waals surface area contributed by atoms with Crippen LogP contribution in [-0.4, -0.2) is 23.2 Å². The van der Waals surface area contributed by atoms with Crippen LogP contribution in [0.15, 0.2) is 112 Å². The number of hydrogen-bond donors (Lipinski definition) is 2. The van der Waals surface area contributed by atoms with Crippen LogP contribution in [0.2, 0.25) is 0 Å². The topological polar surface area (TPSA) is 96.1 Å². The molecular weight excluding hydrogens is 464 g/mol. The quantitative estimate of drug-likeness (QED) is 0.230. The van der Waals surface area contributed by atoms with Gasteiger partial charge in [0.05, 0.1) is 11.4 Å². The number of fused-ring (bicyclic) bond motifs is 2. The zero-order valence-corrected chi connectivity index (χ0v) is 20.4. The molecule has 37 heavy (non-hydrogen) atoms. The maximum atomic E-state index is 12.6. The van der Waals surface area contributed by atoms with Gasteiger partial charge in [-0.05, 0) is 47.5 Å². The molecule has 7 heteroatoms. The Hall–Kier alpha value is -5.04. The first-order valence-corrected chi connectivity index (χ1v) is 11.8. The van der Waals surface area contributed by atoms with E-state index in [1.165, 1.54) is 12.1 Å². The molecule has 0 radical (unpaired) electrons. The first-order chi connectivity index (χ1) is 18.0. The van der Waals surface area contributed by atoms with Gasteiger partial charge in [0.15, 0.2) is 11.5 Å². The summed E-state index contributed by atoms with van der Waals surface area (Å²) in [5.74, 6) is -1.19. The summed E-state index contributed by atoms with van der Waals surface area (Å²) in [5.41, 5.74) is 8.12. The molecule has 1 aromatic heterocycles. The number of nitrogens with one attached hydrogen (secondary N) is 2. The third-order valence-electron chi connectivity index (χ3n) is 6.06.